The second kappa shape index (κ2) is 11.2. The fourth-order valence-corrected chi connectivity index (χ4v) is 4.85. The van der Waals surface area contributed by atoms with E-state index in [1.807, 2.05) is 45.0 Å². The summed E-state index contributed by atoms with van der Waals surface area (Å²) in [6.45, 7) is 12.7. The first-order valence-electron chi connectivity index (χ1n) is 13.4. The third-order valence-corrected chi connectivity index (χ3v) is 6.38. The molecule has 8 nitrogen and oxygen atoms in total. The standard InChI is InChI=1S/C30H39FN4O4/c1-29(2,3)17-23(34-28-33-22-9-7-8-10-25(22)38-28)27(37)32-21(16-26(36)39-30(4,5)6)18-35-14-13-19-15-20(31)11-12-24(19)35/h7-12,15,21,23H,13-14,16-18H2,1-6H3,(H,32,37)(H,33,34)/t21?,23-/m0/s1. The highest BCUT2D eigenvalue weighted by Crippen LogP contribution is 2.29. The molecule has 0 saturated carbocycles. The minimum Gasteiger partial charge on any atom is -0.460 e. The van der Waals surface area contributed by atoms with Gasteiger partial charge in [0.05, 0.1) is 12.5 Å². The minimum absolute atomic E-state index is 0.00115. The molecule has 0 fully saturated rings. The molecule has 0 spiro atoms. The van der Waals surface area contributed by atoms with E-state index in [0.717, 1.165) is 11.3 Å². The summed E-state index contributed by atoms with van der Waals surface area (Å²) in [6, 6.07) is 11.2. The maximum Gasteiger partial charge on any atom is 0.308 e. The third-order valence-electron chi connectivity index (χ3n) is 6.38. The van der Waals surface area contributed by atoms with Crippen LogP contribution in [0, 0.1) is 11.2 Å². The summed E-state index contributed by atoms with van der Waals surface area (Å²) in [5.74, 6) is -0.936. The second-order valence-corrected chi connectivity index (χ2v) is 12.4. The van der Waals surface area contributed by atoms with Gasteiger partial charge in [-0.25, -0.2) is 4.39 Å². The predicted molar refractivity (Wildman–Crippen MR) is 150 cm³/mol. The van der Waals surface area contributed by atoms with E-state index in [2.05, 4.69) is 41.3 Å². The van der Waals surface area contributed by atoms with Crippen LogP contribution in [0.4, 0.5) is 16.1 Å². The molecular formula is C30H39FN4O4. The van der Waals surface area contributed by atoms with Crippen molar-refractivity contribution in [3.63, 3.8) is 0 Å². The number of carbonyl (C=O) groups excluding carboxylic acids is 2. The number of nitrogens with one attached hydrogen (secondary N) is 2. The van der Waals surface area contributed by atoms with Crippen LogP contribution in [-0.4, -0.2) is 47.6 Å². The minimum atomic E-state index is -0.654. The molecule has 3 aromatic rings. The first kappa shape index (κ1) is 28.4. The number of carbonyl (C=O) groups is 2. The Kier molecular flexibility index (Phi) is 8.18. The van der Waals surface area contributed by atoms with Gasteiger partial charge in [0, 0.05) is 18.8 Å². The van der Waals surface area contributed by atoms with E-state index < -0.39 is 23.7 Å². The zero-order chi connectivity index (χ0) is 28.4. The Bertz CT molecular complexity index is 1290. The van der Waals surface area contributed by atoms with Gasteiger partial charge in [-0.05, 0) is 74.9 Å². The Balaban J connectivity index is 1.54. The Morgan fingerprint density at radius 2 is 1.87 bits per heavy atom. The van der Waals surface area contributed by atoms with Gasteiger partial charge in [-0.3, -0.25) is 9.59 Å². The molecule has 0 bridgehead atoms. The molecule has 1 amide bonds. The normalized spacial score (nSPS) is 15.1. The number of hydrogen-bond acceptors (Lipinski definition) is 7. The summed E-state index contributed by atoms with van der Waals surface area (Å²) in [5.41, 5.74) is 2.33. The number of hydrogen-bond donors (Lipinski definition) is 2. The van der Waals surface area contributed by atoms with E-state index >= 15 is 0 Å². The van der Waals surface area contributed by atoms with Crippen LogP contribution in [0.3, 0.4) is 0 Å². The zero-order valence-electron chi connectivity index (χ0n) is 23.6. The number of ether oxygens (including phenoxy) is 1. The monoisotopic (exact) mass is 538 g/mol. The molecule has 1 unspecified atom stereocenters. The lowest BCUT2D eigenvalue weighted by molar-refractivity contribution is -0.155. The topological polar surface area (TPSA) is 96.7 Å². The molecule has 2 aromatic carbocycles. The summed E-state index contributed by atoms with van der Waals surface area (Å²) in [5, 5.41) is 6.27. The first-order valence-corrected chi connectivity index (χ1v) is 13.4. The molecule has 2 N–H and O–H groups in total. The van der Waals surface area contributed by atoms with Crippen molar-refractivity contribution in [2.75, 3.05) is 23.3 Å². The van der Waals surface area contributed by atoms with Gasteiger partial charge in [-0.1, -0.05) is 32.9 Å². The number of oxazole rings is 1. The van der Waals surface area contributed by atoms with Gasteiger partial charge in [0.1, 0.15) is 23.0 Å². The lowest BCUT2D eigenvalue weighted by Gasteiger charge is -2.30. The number of halogens is 1. The molecular weight excluding hydrogens is 499 g/mol. The summed E-state index contributed by atoms with van der Waals surface area (Å²) in [7, 11) is 0. The highest BCUT2D eigenvalue weighted by Gasteiger charge is 2.31. The summed E-state index contributed by atoms with van der Waals surface area (Å²) in [4.78, 5) is 33.1. The van der Waals surface area contributed by atoms with Gasteiger partial charge in [0.25, 0.3) is 6.01 Å². The first-order chi connectivity index (χ1) is 18.3. The number of rotatable bonds is 9. The quantitative estimate of drug-likeness (QED) is 0.349. The summed E-state index contributed by atoms with van der Waals surface area (Å²) < 4.78 is 25.2. The molecule has 0 aliphatic carbocycles. The van der Waals surface area contributed by atoms with Gasteiger partial charge >= 0.3 is 5.97 Å². The van der Waals surface area contributed by atoms with Crippen molar-refractivity contribution in [3.8, 4) is 0 Å². The molecule has 9 heteroatoms. The van der Waals surface area contributed by atoms with E-state index in [1.54, 1.807) is 12.1 Å². The molecule has 1 aliphatic heterocycles. The number of fused-ring (bicyclic) bond motifs is 2. The summed E-state index contributed by atoms with van der Waals surface area (Å²) in [6.07, 6.45) is 1.20. The lowest BCUT2D eigenvalue weighted by atomic mass is 9.87. The van der Waals surface area contributed by atoms with Gasteiger partial charge in [-0.2, -0.15) is 4.98 Å². The lowest BCUT2D eigenvalue weighted by Crippen LogP contribution is -2.51. The van der Waals surface area contributed by atoms with Gasteiger partial charge in [0.15, 0.2) is 5.58 Å². The van der Waals surface area contributed by atoms with Gasteiger partial charge in [-0.15, -0.1) is 0 Å². The fourth-order valence-electron chi connectivity index (χ4n) is 4.85. The molecule has 4 rings (SSSR count). The van der Waals surface area contributed by atoms with E-state index in [-0.39, 0.29) is 29.6 Å². The van der Waals surface area contributed by atoms with Crippen LogP contribution in [0.1, 0.15) is 59.9 Å². The van der Waals surface area contributed by atoms with Crippen LogP contribution in [0.25, 0.3) is 11.1 Å². The van der Waals surface area contributed by atoms with Gasteiger partial charge in [0.2, 0.25) is 5.91 Å². The molecule has 1 aliphatic rings. The molecule has 2 atom stereocenters. The van der Waals surface area contributed by atoms with E-state index in [1.165, 1.54) is 6.07 Å². The zero-order valence-corrected chi connectivity index (χ0v) is 23.6. The SMILES string of the molecule is CC(C)(C)C[C@H](Nc1nc2ccccc2o1)C(=O)NC(CC(=O)OC(C)(C)C)CN1CCc2cc(F)ccc21. The number of aromatic nitrogens is 1. The average molecular weight is 539 g/mol. The number of nitrogens with zero attached hydrogens (tertiary/aromatic N) is 2. The van der Waals surface area contributed by atoms with Crippen LogP contribution >= 0.6 is 0 Å². The largest absolute Gasteiger partial charge is 0.460 e. The van der Waals surface area contributed by atoms with Crippen molar-refractivity contribution in [1.82, 2.24) is 10.3 Å². The van der Waals surface area contributed by atoms with Crippen LogP contribution in [-0.2, 0) is 20.7 Å². The highest BCUT2D eigenvalue weighted by atomic mass is 19.1. The fraction of sp³-hybridized carbons (Fsp3) is 0.500. The smallest absolute Gasteiger partial charge is 0.308 e. The molecule has 0 radical (unpaired) electrons. The number of benzene rings is 2. The average Bonchev–Trinajstić information content (AvgIpc) is 3.39. The Morgan fingerprint density at radius 1 is 1.13 bits per heavy atom. The molecule has 210 valence electrons. The van der Waals surface area contributed by atoms with Crippen LogP contribution in [0.15, 0.2) is 46.9 Å². The van der Waals surface area contributed by atoms with E-state index in [9.17, 15) is 14.0 Å². The Morgan fingerprint density at radius 3 is 2.56 bits per heavy atom. The molecule has 2 heterocycles. The summed E-state index contributed by atoms with van der Waals surface area (Å²) >= 11 is 0. The van der Waals surface area contributed by atoms with Crippen molar-refractivity contribution in [2.24, 2.45) is 5.41 Å². The maximum absolute atomic E-state index is 13.8. The number of amides is 1. The van der Waals surface area contributed by atoms with E-state index in [4.69, 9.17) is 9.15 Å². The number of para-hydroxylation sites is 2. The van der Waals surface area contributed by atoms with E-state index in [0.29, 0.717) is 37.0 Å². The van der Waals surface area contributed by atoms with Crippen molar-refractivity contribution >= 4 is 34.7 Å². The Labute approximate surface area is 229 Å². The number of esters is 1. The molecule has 1 aromatic heterocycles. The predicted octanol–water partition coefficient (Wildman–Crippen LogP) is 5.46. The molecule has 39 heavy (non-hydrogen) atoms. The van der Waals surface area contributed by atoms with Crippen molar-refractivity contribution in [3.05, 3.63) is 53.8 Å². The number of anilines is 2. The Hall–Kier alpha value is -3.62. The van der Waals surface area contributed by atoms with Crippen molar-refractivity contribution < 1.29 is 23.1 Å². The van der Waals surface area contributed by atoms with Crippen LogP contribution < -0.4 is 15.5 Å². The maximum atomic E-state index is 13.8. The van der Waals surface area contributed by atoms with Crippen LogP contribution in [0.5, 0.6) is 0 Å². The highest BCUT2D eigenvalue weighted by molar-refractivity contribution is 5.85. The third kappa shape index (κ3) is 7.94. The second-order valence-electron chi connectivity index (χ2n) is 12.4. The van der Waals surface area contributed by atoms with Crippen molar-refractivity contribution in [2.45, 2.75) is 78.5 Å². The molecule has 0 saturated heterocycles. The van der Waals surface area contributed by atoms with Gasteiger partial charge < -0.3 is 24.7 Å². The van der Waals surface area contributed by atoms with Crippen LogP contribution in [0.2, 0.25) is 0 Å². The van der Waals surface area contributed by atoms with Crippen molar-refractivity contribution in [1.29, 1.82) is 0 Å².